The molecular formula is C39H70NO7P. The second-order valence-corrected chi connectivity index (χ2v) is 13.5. The van der Waals surface area contributed by atoms with Gasteiger partial charge in [-0.25, -0.2) is 4.57 Å². The third-order valence-corrected chi connectivity index (χ3v) is 8.45. The Bertz CT molecular complexity index is 916. The Labute approximate surface area is 293 Å². The first-order valence-corrected chi connectivity index (χ1v) is 20.3. The molecular weight excluding hydrogens is 625 g/mol. The van der Waals surface area contributed by atoms with Crippen LogP contribution in [0.2, 0.25) is 0 Å². The van der Waals surface area contributed by atoms with Crippen molar-refractivity contribution in [1.29, 1.82) is 0 Å². The molecule has 3 N–H and O–H groups in total. The van der Waals surface area contributed by atoms with E-state index in [1.807, 2.05) is 6.08 Å². The summed E-state index contributed by atoms with van der Waals surface area (Å²) in [4.78, 5) is 22.3. The van der Waals surface area contributed by atoms with Crippen LogP contribution in [-0.4, -0.2) is 49.9 Å². The summed E-state index contributed by atoms with van der Waals surface area (Å²) in [5, 5.41) is 0. The SMILES string of the molecule is CC/C=C\C/C=C\C/C=C\C/C=C\C/C=C\CCOCC(COP(=O)(O)OCCN)OC(=O)CCCCCCCCCCCCCCC. The molecule has 0 bridgehead atoms. The van der Waals surface area contributed by atoms with E-state index in [1.165, 1.54) is 64.2 Å². The smallest absolute Gasteiger partial charge is 0.457 e. The maximum absolute atomic E-state index is 12.5. The van der Waals surface area contributed by atoms with Crippen LogP contribution in [0.5, 0.6) is 0 Å². The van der Waals surface area contributed by atoms with Gasteiger partial charge in [0.2, 0.25) is 0 Å². The van der Waals surface area contributed by atoms with Crippen LogP contribution < -0.4 is 5.73 Å². The van der Waals surface area contributed by atoms with E-state index in [4.69, 9.17) is 24.3 Å². The van der Waals surface area contributed by atoms with Crippen molar-refractivity contribution in [2.75, 3.05) is 33.0 Å². The number of phosphoric ester groups is 1. The number of hydrogen-bond acceptors (Lipinski definition) is 7. The highest BCUT2D eigenvalue weighted by Crippen LogP contribution is 2.43. The molecule has 0 saturated heterocycles. The van der Waals surface area contributed by atoms with Crippen molar-refractivity contribution >= 4 is 13.8 Å². The molecule has 0 rings (SSSR count). The van der Waals surface area contributed by atoms with Crippen LogP contribution in [0, 0.1) is 0 Å². The Morgan fingerprint density at radius 2 is 1.12 bits per heavy atom. The van der Waals surface area contributed by atoms with Gasteiger partial charge in [-0.15, -0.1) is 0 Å². The van der Waals surface area contributed by atoms with Crippen LogP contribution in [0.25, 0.3) is 0 Å². The molecule has 0 aliphatic carbocycles. The van der Waals surface area contributed by atoms with Crippen LogP contribution >= 0.6 is 7.82 Å². The topological polar surface area (TPSA) is 117 Å². The molecule has 0 aromatic heterocycles. The minimum Gasteiger partial charge on any atom is -0.457 e. The predicted molar refractivity (Wildman–Crippen MR) is 201 cm³/mol. The summed E-state index contributed by atoms with van der Waals surface area (Å²) in [6.07, 6.45) is 42.5. The number of rotatable bonds is 35. The Morgan fingerprint density at radius 1 is 0.646 bits per heavy atom. The normalized spacial score (nSPS) is 14.3. The van der Waals surface area contributed by atoms with Gasteiger partial charge in [0.1, 0.15) is 6.10 Å². The van der Waals surface area contributed by atoms with Crippen molar-refractivity contribution in [2.24, 2.45) is 5.73 Å². The number of ether oxygens (including phenoxy) is 2. The van der Waals surface area contributed by atoms with Crippen molar-refractivity contribution in [1.82, 2.24) is 0 Å². The van der Waals surface area contributed by atoms with Crippen molar-refractivity contribution < 1.29 is 32.8 Å². The molecule has 0 saturated carbocycles. The Morgan fingerprint density at radius 3 is 1.62 bits per heavy atom. The highest BCUT2D eigenvalue weighted by atomic mass is 31.2. The fourth-order valence-electron chi connectivity index (χ4n) is 4.77. The zero-order valence-electron chi connectivity index (χ0n) is 30.4. The number of unbranched alkanes of at least 4 members (excludes halogenated alkanes) is 12. The first kappa shape index (κ1) is 46.2. The van der Waals surface area contributed by atoms with Gasteiger partial charge in [0.15, 0.2) is 0 Å². The van der Waals surface area contributed by atoms with Gasteiger partial charge in [0.05, 0.1) is 26.4 Å². The van der Waals surface area contributed by atoms with E-state index in [2.05, 4.69) is 68.5 Å². The molecule has 0 aliphatic rings. The van der Waals surface area contributed by atoms with Crippen LogP contribution in [0.15, 0.2) is 60.8 Å². The number of esters is 1. The van der Waals surface area contributed by atoms with Crippen molar-refractivity contribution in [2.45, 2.75) is 148 Å². The third kappa shape index (κ3) is 35.5. The van der Waals surface area contributed by atoms with Crippen molar-refractivity contribution in [3.05, 3.63) is 60.8 Å². The van der Waals surface area contributed by atoms with Crippen molar-refractivity contribution in [3.8, 4) is 0 Å². The van der Waals surface area contributed by atoms with Crippen molar-refractivity contribution in [3.63, 3.8) is 0 Å². The second-order valence-electron chi connectivity index (χ2n) is 12.1. The fraction of sp³-hybridized carbons (Fsp3) is 0.718. The lowest BCUT2D eigenvalue weighted by atomic mass is 10.0. The van der Waals surface area contributed by atoms with Gasteiger partial charge in [-0.1, -0.05) is 152 Å². The number of allylic oxidation sites excluding steroid dienone is 9. The summed E-state index contributed by atoms with van der Waals surface area (Å²) < 4.78 is 33.2. The van der Waals surface area contributed by atoms with Gasteiger partial charge in [-0.2, -0.15) is 0 Å². The predicted octanol–water partition coefficient (Wildman–Crippen LogP) is 10.6. The molecule has 0 aromatic carbocycles. The summed E-state index contributed by atoms with van der Waals surface area (Å²) in [7, 11) is -4.29. The molecule has 48 heavy (non-hydrogen) atoms. The average Bonchev–Trinajstić information content (AvgIpc) is 3.07. The van der Waals surface area contributed by atoms with Gasteiger partial charge in [-0.3, -0.25) is 13.8 Å². The monoisotopic (exact) mass is 695 g/mol. The molecule has 0 fully saturated rings. The zero-order valence-corrected chi connectivity index (χ0v) is 31.3. The third-order valence-electron chi connectivity index (χ3n) is 7.47. The van der Waals surface area contributed by atoms with E-state index < -0.39 is 13.9 Å². The molecule has 8 nitrogen and oxygen atoms in total. The van der Waals surface area contributed by atoms with Crippen LogP contribution in [-0.2, 0) is 27.9 Å². The largest absolute Gasteiger partial charge is 0.472 e. The maximum atomic E-state index is 12.5. The minimum absolute atomic E-state index is 0.0614. The van der Waals surface area contributed by atoms with E-state index in [-0.39, 0.29) is 32.3 Å². The number of nitrogens with two attached hydrogens (primary N) is 1. The van der Waals surface area contributed by atoms with Crippen LogP contribution in [0.3, 0.4) is 0 Å². The summed E-state index contributed by atoms with van der Waals surface area (Å²) in [5.41, 5.74) is 5.34. The minimum atomic E-state index is -4.29. The lowest BCUT2D eigenvalue weighted by Crippen LogP contribution is -2.28. The van der Waals surface area contributed by atoms with Crippen LogP contribution in [0.1, 0.15) is 142 Å². The standard InChI is InChI=1S/C39H70NO7P/c1-3-5-7-9-11-13-15-17-18-19-21-23-25-27-29-31-34-44-36-38(37-46-48(42,43)45-35-33-40)47-39(41)32-30-28-26-24-22-20-16-14-12-10-8-6-4-2/h5,7,11,13,17-18,21,23,27,29,38H,3-4,6,8-10,12,14-16,19-20,22,24-26,28,30-37,40H2,1-2H3,(H,42,43)/b7-5-,13-11-,18-17-,23-21-,29-27-. The first-order chi connectivity index (χ1) is 23.4. The zero-order chi connectivity index (χ0) is 35.2. The van der Waals surface area contributed by atoms with E-state index in [0.717, 1.165) is 51.4 Å². The quantitative estimate of drug-likeness (QED) is 0.0291. The Hall–Kier alpha value is -1.80. The lowest BCUT2D eigenvalue weighted by Gasteiger charge is -2.19. The maximum Gasteiger partial charge on any atom is 0.472 e. The van der Waals surface area contributed by atoms with Gasteiger partial charge < -0.3 is 20.1 Å². The van der Waals surface area contributed by atoms with E-state index in [9.17, 15) is 14.3 Å². The molecule has 2 unspecified atom stereocenters. The molecule has 0 amide bonds. The van der Waals surface area contributed by atoms with E-state index in [1.54, 1.807) is 0 Å². The highest BCUT2D eigenvalue weighted by Gasteiger charge is 2.25. The number of phosphoric acid groups is 1. The Kier molecular flexibility index (Phi) is 35.1. The lowest BCUT2D eigenvalue weighted by molar-refractivity contribution is -0.154. The molecule has 2 atom stereocenters. The van der Waals surface area contributed by atoms with E-state index in [0.29, 0.717) is 19.4 Å². The number of hydrogen-bond donors (Lipinski definition) is 2. The van der Waals surface area contributed by atoms with Crippen LogP contribution in [0.4, 0.5) is 0 Å². The van der Waals surface area contributed by atoms with E-state index >= 15 is 0 Å². The Balaban J connectivity index is 4.23. The number of carbonyl (C=O) groups is 1. The highest BCUT2D eigenvalue weighted by molar-refractivity contribution is 7.47. The molecule has 9 heteroatoms. The molecule has 0 spiro atoms. The molecule has 0 heterocycles. The molecule has 278 valence electrons. The first-order valence-electron chi connectivity index (χ1n) is 18.8. The summed E-state index contributed by atoms with van der Waals surface area (Å²) in [6, 6.07) is 0. The van der Waals surface area contributed by atoms with Gasteiger partial charge in [0.25, 0.3) is 0 Å². The fourth-order valence-corrected chi connectivity index (χ4v) is 5.53. The summed E-state index contributed by atoms with van der Waals surface area (Å²) in [5.74, 6) is -0.358. The second kappa shape index (κ2) is 36.5. The molecule has 0 aromatic rings. The summed E-state index contributed by atoms with van der Waals surface area (Å²) in [6.45, 7) is 4.56. The molecule has 0 radical (unpaired) electrons. The number of carbonyl (C=O) groups excluding carboxylic acids is 1. The molecule has 0 aliphatic heterocycles. The summed E-state index contributed by atoms with van der Waals surface area (Å²) >= 11 is 0. The van der Waals surface area contributed by atoms with Gasteiger partial charge >= 0.3 is 13.8 Å². The van der Waals surface area contributed by atoms with Gasteiger partial charge in [-0.05, 0) is 44.9 Å². The average molecular weight is 696 g/mol. The van der Waals surface area contributed by atoms with Gasteiger partial charge in [0, 0.05) is 13.0 Å².